The molecule has 6 heteroatoms. The van der Waals surface area contributed by atoms with Crippen LogP contribution in [0.3, 0.4) is 0 Å². The maximum absolute atomic E-state index is 13.9. The van der Waals surface area contributed by atoms with Gasteiger partial charge in [0.1, 0.15) is 5.82 Å². The summed E-state index contributed by atoms with van der Waals surface area (Å²) >= 11 is 0. The summed E-state index contributed by atoms with van der Waals surface area (Å²) in [7, 11) is 0. The number of oxazole rings is 1. The number of carbonyl (C=O) groups is 1. The Labute approximate surface area is 169 Å². The number of nitriles is 1. The molecule has 0 saturated carbocycles. The molecule has 0 aliphatic carbocycles. The van der Waals surface area contributed by atoms with E-state index in [9.17, 15) is 9.18 Å². The van der Waals surface area contributed by atoms with Crippen LogP contribution in [0.5, 0.6) is 0 Å². The summed E-state index contributed by atoms with van der Waals surface area (Å²) < 4.78 is 19.5. The number of aryl methyl sites for hydroxylation is 1. The Kier molecular flexibility index (Phi) is 6.40. The van der Waals surface area contributed by atoms with E-state index in [4.69, 9.17) is 9.68 Å². The second-order valence-electron chi connectivity index (χ2n) is 6.69. The number of halogens is 1. The van der Waals surface area contributed by atoms with Gasteiger partial charge in [-0.1, -0.05) is 24.3 Å². The van der Waals surface area contributed by atoms with E-state index in [0.717, 1.165) is 5.56 Å². The normalized spacial score (nSPS) is 11.7. The molecule has 1 unspecified atom stereocenters. The van der Waals surface area contributed by atoms with Crippen molar-refractivity contribution in [3.63, 3.8) is 0 Å². The fourth-order valence-corrected chi connectivity index (χ4v) is 3.25. The van der Waals surface area contributed by atoms with E-state index in [1.54, 1.807) is 35.2 Å². The summed E-state index contributed by atoms with van der Waals surface area (Å²) in [5.41, 5.74) is 1.91. The lowest BCUT2D eigenvalue weighted by molar-refractivity contribution is -0.133. The van der Waals surface area contributed by atoms with Crippen LogP contribution in [-0.4, -0.2) is 22.3 Å². The first-order chi connectivity index (χ1) is 14.0. The molecule has 29 heavy (non-hydrogen) atoms. The first kappa shape index (κ1) is 20.3. The molecule has 0 aliphatic rings. The molecule has 0 fully saturated rings. The first-order valence-electron chi connectivity index (χ1n) is 9.52. The number of carbonyl (C=O) groups excluding carboxylic acids is 1. The van der Waals surface area contributed by atoms with Crippen molar-refractivity contribution in [1.29, 1.82) is 5.26 Å². The van der Waals surface area contributed by atoms with Crippen LogP contribution in [-0.2, 0) is 11.2 Å². The van der Waals surface area contributed by atoms with E-state index >= 15 is 0 Å². The van der Waals surface area contributed by atoms with Crippen LogP contribution in [0.1, 0.15) is 43.3 Å². The van der Waals surface area contributed by atoms with Crippen molar-refractivity contribution < 1.29 is 13.6 Å². The Balaban J connectivity index is 1.64. The SMILES string of the molecule is CCN(C(=O)CCc1ncc(-c2ccccc2F)o1)C(C)c1ccc(C#N)cc1. The molecular weight excluding hydrogens is 369 g/mol. The molecule has 1 heterocycles. The molecule has 3 rings (SSSR count). The maximum Gasteiger partial charge on any atom is 0.223 e. The van der Waals surface area contributed by atoms with E-state index in [2.05, 4.69) is 11.1 Å². The number of amides is 1. The number of hydrogen-bond acceptors (Lipinski definition) is 4. The molecule has 3 aromatic rings. The highest BCUT2D eigenvalue weighted by molar-refractivity contribution is 5.76. The molecule has 5 nitrogen and oxygen atoms in total. The Morgan fingerprint density at radius 3 is 2.62 bits per heavy atom. The summed E-state index contributed by atoms with van der Waals surface area (Å²) in [5, 5.41) is 8.93. The second kappa shape index (κ2) is 9.16. The third kappa shape index (κ3) is 4.69. The van der Waals surface area contributed by atoms with Gasteiger partial charge in [-0.05, 0) is 43.7 Å². The van der Waals surface area contributed by atoms with Crippen LogP contribution in [0.2, 0.25) is 0 Å². The van der Waals surface area contributed by atoms with Crippen molar-refractivity contribution in [3.05, 3.63) is 77.6 Å². The predicted octanol–water partition coefficient (Wildman–Crippen LogP) is 4.89. The minimum atomic E-state index is -0.375. The fourth-order valence-electron chi connectivity index (χ4n) is 3.25. The smallest absolute Gasteiger partial charge is 0.223 e. The van der Waals surface area contributed by atoms with Crippen molar-refractivity contribution in [2.75, 3.05) is 6.54 Å². The number of benzene rings is 2. The molecule has 1 amide bonds. The lowest BCUT2D eigenvalue weighted by Crippen LogP contribution is -2.33. The number of hydrogen-bond donors (Lipinski definition) is 0. The van der Waals surface area contributed by atoms with Crippen LogP contribution < -0.4 is 0 Å². The minimum Gasteiger partial charge on any atom is -0.441 e. The molecule has 2 aromatic carbocycles. The van der Waals surface area contributed by atoms with Gasteiger partial charge in [0.15, 0.2) is 11.7 Å². The zero-order valence-corrected chi connectivity index (χ0v) is 16.4. The van der Waals surface area contributed by atoms with E-state index < -0.39 is 0 Å². The summed E-state index contributed by atoms with van der Waals surface area (Å²) in [6, 6.07) is 15.6. The molecule has 1 atom stereocenters. The van der Waals surface area contributed by atoms with Gasteiger partial charge in [0, 0.05) is 19.4 Å². The molecular formula is C23H22FN3O2. The van der Waals surface area contributed by atoms with E-state index in [1.165, 1.54) is 12.3 Å². The number of rotatable bonds is 7. The van der Waals surface area contributed by atoms with Crippen LogP contribution in [0.25, 0.3) is 11.3 Å². The molecule has 1 aromatic heterocycles. The van der Waals surface area contributed by atoms with Gasteiger partial charge in [-0.3, -0.25) is 4.79 Å². The third-order valence-electron chi connectivity index (χ3n) is 4.90. The predicted molar refractivity (Wildman–Crippen MR) is 107 cm³/mol. The topological polar surface area (TPSA) is 70.1 Å². The van der Waals surface area contributed by atoms with Gasteiger partial charge in [-0.2, -0.15) is 5.26 Å². The average molecular weight is 391 g/mol. The minimum absolute atomic E-state index is 0.0185. The van der Waals surface area contributed by atoms with Gasteiger partial charge in [0.05, 0.1) is 29.4 Å². The fraction of sp³-hybridized carbons (Fsp3) is 0.261. The first-order valence-corrected chi connectivity index (χ1v) is 9.52. The zero-order chi connectivity index (χ0) is 20.8. The monoisotopic (exact) mass is 391 g/mol. The van der Waals surface area contributed by atoms with Crippen LogP contribution >= 0.6 is 0 Å². The van der Waals surface area contributed by atoms with E-state index in [-0.39, 0.29) is 24.2 Å². The van der Waals surface area contributed by atoms with Crippen molar-refractivity contribution in [3.8, 4) is 17.4 Å². The lowest BCUT2D eigenvalue weighted by Gasteiger charge is -2.28. The standard InChI is InChI=1S/C23H22FN3O2/c1-3-27(16(2)18-10-8-17(14-25)9-11-18)23(28)13-12-22-26-15-21(29-22)19-6-4-5-7-20(19)24/h4-11,15-16H,3,12-13H2,1-2H3. The highest BCUT2D eigenvalue weighted by atomic mass is 19.1. The van der Waals surface area contributed by atoms with Crippen molar-refractivity contribution in [1.82, 2.24) is 9.88 Å². The molecule has 0 aliphatic heterocycles. The molecule has 0 spiro atoms. The molecule has 0 N–H and O–H groups in total. The quantitative estimate of drug-likeness (QED) is 0.575. The number of aromatic nitrogens is 1. The lowest BCUT2D eigenvalue weighted by atomic mass is 10.0. The van der Waals surface area contributed by atoms with E-state index in [0.29, 0.717) is 35.7 Å². The van der Waals surface area contributed by atoms with Gasteiger partial charge in [0.25, 0.3) is 0 Å². The van der Waals surface area contributed by atoms with Gasteiger partial charge >= 0.3 is 0 Å². The van der Waals surface area contributed by atoms with Crippen molar-refractivity contribution in [2.45, 2.75) is 32.7 Å². The summed E-state index contributed by atoms with van der Waals surface area (Å²) in [6.07, 6.45) is 2.06. The van der Waals surface area contributed by atoms with Gasteiger partial charge in [-0.15, -0.1) is 0 Å². The van der Waals surface area contributed by atoms with Crippen LogP contribution in [0.4, 0.5) is 4.39 Å². The molecule has 148 valence electrons. The highest BCUT2D eigenvalue weighted by Crippen LogP contribution is 2.25. The number of nitrogens with zero attached hydrogens (tertiary/aromatic N) is 3. The highest BCUT2D eigenvalue weighted by Gasteiger charge is 2.20. The zero-order valence-electron chi connectivity index (χ0n) is 16.4. The summed E-state index contributed by atoms with van der Waals surface area (Å²) in [4.78, 5) is 18.7. The molecule has 0 bridgehead atoms. The average Bonchev–Trinajstić information content (AvgIpc) is 3.22. The Hall–Kier alpha value is -3.46. The molecule has 0 radical (unpaired) electrons. The Morgan fingerprint density at radius 1 is 1.24 bits per heavy atom. The maximum atomic E-state index is 13.9. The van der Waals surface area contributed by atoms with Crippen molar-refractivity contribution in [2.24, 2.45) is 0 Å². The molecule has 0 saturated heterocycles. The van der Waals surface area contributed by atoms with Gasteiger partial charge in [0.2, 0.25) is 5.91 Å². The van der Waals surface area contributed by atoms with Crippen LogP contribution in [0, 0.1) is 17.1 Å². The van der Waals surface area contributed by atoms with Gasteiger partial charge < -0.3 is 9.32 Å². The Bertz CT molecular complexity index is 1020. The van der Waals surface area contributed by atoms with E-state index in [1.807, 2.05) is 26.0 Å². The second-order valence-corrected chi connectivity index (χ2v) is 6.69. The van der Waals surface area contributed by atoms with Crippen molar-refractivity contribution >= 4 is 5.91 Å². The Morgan fingerprint density at radius 2 is 1.97 bits per heavy atom. The largest absolute Gasteiger partial charge is 0.441 e. The van der Waals surface area contributed by atoms with Crippen LogP contribution in [0.15, 0.2) is 59.1 Å². The summed E-state index contributed by atoms with van der Waals surface area (Å²) in [5.74, 6) is 0.359. The van der Waals surface area contributed by atoms with Gasteiger partial charge in [-0.25, -0.2) is 9.37 Å². The third-order valence-corrected chi connectivity index (χ3v) is 4.90. The summed E-state index contributed by atoms with van der Waals surface area (Å²) in [6.45, 7) is 4.45.